The Balaban J connectivity index is 5.47. The molecule has 0 unspecified atom stereocenters. The Labute approximate surface area is 127 Å². The lowest BCUT2D eigenvalue weighted by Crippen LogP contribution is -2.62. The third kappa shape index (κ3) is 4.72. The Hall–Kier alpha value is -0.536. The van der Waals surface area contributed by atoms with Gasteiger partial charge in [0.25, 0.3) is 0 Å². The van der Waals surface area contributed by atoms with Gasteiger partial charge in [0.1, 0.15) is 5.16 Å². The molecule has 0 heterocycles. The lowest BCUT2D eigenvalue weighted by atomic mass is 10.5. The summed E-state index contributed by atoms with van der Waals surface area (Å²) < 4.78 is 32.9. The van der Waals surface area contributed by atoms with Crippen molar-refractivity contribution in [3.63, 3.8) is 0 Å². The van der Waals surface area contributed by atoms with Crippen molar-refractivity contribution >= 4 is 23.7 Å². The summed E-state index contributed by atoms with van der Waals surface area (Å²) in [6, 6.07) is 0. The van der Waals surface area contributed by atoms with E-state index in [1.54, 1.807) is 0 Å². The number of hydrogen-bond donors (Lipinski definition) is 2. The van der Waals surface area contributed by atoms with Crippen LogP contribution in [0.1, 0.15) is 6.42 Å². The van der Waals surface area contributed by atoms with E-state index in [-0.39, 0.29) is 6.54 Å². The summed E-state index contributed by atoms with van der Waals surface area (Å²) in [5.41, 5.74) is 0. The van der Waals surface area contributed by atoms with Crippen molar-refractivity contribution in [1.29, 1.82) is 0 Å². The molecule has 21 heavy (non-hydrogen) atoms. The van der Waals surface area contributed by atoms with E-state index in [0.29, 0.717) is 6.42 Å². The van der Waals surface area contributed by atoms with Crippen LogP contribution in [0.5, 0.6) is 0 Å². The lowest BCUT2D eigenvalue weighted by Gasteiger charge is -2.39. The molecule has 9 nitrogen and oxygen atoms in total. The van der Waals surface area contributed by atoms with Gasteiger partial charge in [0.2, 0.25) is 0 Å². The number of carboxylic acid groups (broad SMARTS) is 1. The van der Waals surface area contributed by atoms with E-state index in [1.807, 2.05) is 0 Å². The Morgan fingerprint density at radius 3 is 1.48 bits per heavy atom. The first kappa shape index (κ1) is 20.5. The normalized spacial score (nSPS) is 12.7. The topological polar surface area (TPSA) is 105 Å². The molecular formula is C10H25NO8Si2. The molecule has 0 rings (SSSR count). The van der Waals surface area contributed by atoms with Crippen molar-refractivity contribution in [1.82, 2.24) is 5.32 Å². The van der Waals surface area contributed by atoms with Crippen molar-refractivity contribution in [2.45, 2.75) is 11.6 Å². The van der Waals surface area contributed by atoms with E-state index in [4.69, 9.17) is 31.7 Å². The van der Waals surface area contributed by atoms with Crippen LogP contribution in [0.3, 0.4) is 0 Å². The first-order valence-electron chi connectivity index (χ1n) is 6.19. The molecule has 11 heteroatoms. The van der Waals surface area contributed by atoms with Crippen LogP contribution < -0.4 is 5.32 Å². The van der Waals surface area contributed by atoms with E-state index in [2.05, 4.69) is 5.32 Å². The zero-order valence-corrected chi connectivity index (χ0v) is 15.3. The molecule has 0 radical (unpaired) electrons. The van der Waals surface area contributed by atoms with Crippen LogP contribution in [0, 0.1) is 0 Å². The summed E-state index contributed by atoms with van der Waals surface area (Å²) in [6.45, 7) is 0.162. The molecule has 0 aromatic heterocycles. The van der Waals surface area contributed by atoms with Gasteiger partial charge in [0.15, 0.2) is 0 Å². The molecular weight excluding hydrogens is 318 g/mol. The molecule has 0 aliphatic heterocycles. The van der Waals surface area contributed by atoms with Gasteiger partial charge in [-0.05, 0) is 6.42 Å². The Morgan fingerprint density at radius 2 is 1.24 bits per heavy atom. The van der Waals surface area contributed by atoms with Gasteiger partial charge in [-0.1, -0.05) is 0 Å². The molecule has 0 aliphatic rings. The minimum Gasteiger partial charge on any atom is -0.465 e. The summed E-state index contributed by atoms with van der Waals surface area (Å²) in [4.78, 5) is 10.6. The van der Waals surface area contributed by atoms with Gasteiger partial charge in [-0.15, -0.1) is 0 Å². The molecule has 0 aliphatic carbocycles. The Kier molecular flexibility index (Phi) is 9.23. The van der Waals surface area contributed by atoms with Crippen molar-refractivity contribution in [3.8, 4) is 0 Å². The highest BCUT2D eigenvalue weighted by Gasteiger charge is 2.63. The van der Waals surface area contributed by atoms with E-state index >= 15 is 0 Å². The second-order valence-electron chi connectivity index (χ2n) is 4.01. The first-order chi connectivity index (χ1) is 9.91. The highest BCUT2D eigenvalue weighted by molar-refractivity contribution is 6.82. The van der Waals surface area contributed by atoms with Crippen LogP contribution in [0.15, 0.2) is 0 Å². The highest BCUT2D eigenvalue weighted by Crippen LogP contribution is 2.37. The molecule has 0 bridgehead atoms. The predicted octanol–water partition coefficient (Wildman–Crippen LogP) is 0.310. The number of hydrogen-bond acceptors (Lipinski definition) is 7. The molecule has 0 saturated carbocycles. The quantitative estimate of drug-likeness (QED) is 0.517. The average Bonchev–Trinajstić information content (AvgIpc) is 2.50. The van der Waals surface area contributed by atoms with E-state index in [1.165, 1.54) is 42.7 Å². The van der Waals surface area contributed by atoms with Crippen LogP contribution in [-0.2, 0) is 26.6 Å². The van der Waals surface area contributed by atoms with Crippen LogP contribution in [0.4, 0.5) is 4.79 Å². The van der Waals surface area contributed by atoms with E-state index in [9.17, 15) is 4.79 Å². The molecule has 0 spiro atoms. The fourth-order valence-corrected chi connectivity index (χ4v) is 9.80. The van der Waals surface area contributed by atoms with Gasteiger partial charge < -0.3 is 37.0 Å². The van der Waals surface area contributed by atoms with E-state index in [0.717, 1.165) is 0 Å². The van der Waals surface area contributed by atoms with Crippen molar-refractivity contribution in [2.75, 3.05) is 49.2 Å². The summed E-state index contributed by atoms with van der Waals surface area (Å²) in [6.07, 6.45) is -0.789. The molecule has 0 saturated heterocycles. The molecule has 0 aromatic carbocycles. The summed E-state index contributed by atoms with van der Waals surface area (Å²) in [7, 11) is 2.49. The maximum Gasteiger partial charge on any atom is 0.508 e. The second-order valence-corrected chi connectivity index (χ2v) is 10.8. The fourth-order valence-electron chi connectivity index (χ4n) is 2.25. The SMILES string of the molecule is CO[Si](OC)(OC)C(CCNC(=O)O)[Si](OC)(OC)OC. The van der Waals surface area contributed by atoms with Crippen LogP contribution in [0.25, 0.3) is 0 Å². The fraction of sp³-hybridized carbons (Fsp3) is 0.900. The maximum absolute atomic E-state index is 10.6. The number of carbonyl (C=O) groups is 1. The van der Waals surface area contributed by atoms with Crippen molar-refractivity contribution in [3.05, 3.63) is 0 Å². The molecule has 1 amide bonds. The van der Waals surface area contributed by atoms with Gasteiger partial charge in [0, 0.05) is 49.2 Å². The predicted molar refractivity (Wildman–Crippen MR) is 78.0 cm³/mol. The summed E-state index contributed by atoms with van der Waals surface area (Å²) in [5, 5.41) is 10.5. The number of rotatable bonds is 11. The standard InChI is InChI=1S/C10H25NO8Si2/c1-14-20(15-2,16-3)9(7-8-11-10(12)13)21(17-4,18-5)19-6/h9,11H,7-8H2,1-6H3,(H,12,13). The van der Waals surface area contributed by atoms with Gasteiger partial charge in [-0.25, -0.2) is 4.79 Å². The monoisotopic (exact) mass is 343 g/mol. The largest absolute Gasteiger partial charge is 0.508 e. The van der Waals surface area contributed by atoms with E-state index < -0.39 is 28.9 Å². The van der Waals surface area contributed by atoms with Gasteiger partial charge in [-0.2, -0.15) is 0 Å². The number of amides is 1. The van der Waals surface area contributed by atoms with Crippen LogP contribution in [-0.4, -0.2) is 78.0 Å². The third-order valence-corrected chi connectivity index (χ3v) is 11.1. The minimum atomic E-state index is -3.16. The van der Waals surface area contributed by atoms with Crippen LogP contribution in [0.2, 0.25) is 5.16 Å². The maximum atomic E-state index is 10.6. The Morgan fingerprint density at radius 1 is 0.905 bits per heavy atom. The summed E-state index contributed by atoms with van der Waals surface area (Å²) in [5.74, 6) is 0. The Bertz CT molecular complexity index is 275. The first-order valence-corrected chi connectivity index (χ1v) is 9.80. The molecule has 126 valence electrons. The summed E-state index contributed by atoms with van der Waals surface area (Å²) >= 11 is 0. The highest BCUT2D eigenvalue weighted by atomic mass is 28.5. The van der Waals surface area contributed by atoms with Crippen molar-refractivity contribution < 1.29 is 36.5 Å². The molecule has 2 N–H and O–H groups in total. The third-order valence-electron chi connectivity index (χ3n) is 3.27. The average molecular weight is 343 g/mol. The van der Waals surface area contributed by atoms with Gasteiger partial charge >= 0.3 is 23.7 Å². The zero-order valence-electron chi connectivity index (χ0n) is 13.3. The van der Waals surface area contributed by atoms with Gasteiger partial charge in [0.05, 0.1) is 0 Å². The second kappa shape index (κ2) is 9.47. The van der Waals surface area contributed by atoms with Crippen molar-refractivity contribution in [2.24, 2.45) is 0 Å². The number of nitrogens with one attached hydrogen (secondary N) is 1. The minimum absolute atomic E-state index is 0.162. The lowest BCUT2D eigenvalue weighted by molar-refractivity contribution is 0.0781. The molecule has 0 fully saturated rings. The van der Waals surface area contributed by atoms with Crippen LogP contribution >= 0.6 is 0 Å². The molecule has 0 atom stereocenters. The molecule has 0 aromatic rings. The smallest absolute Gasteiger partial charge is 0.465 e. The zero-order chi connectivity index (χ0) is 16.5. The van der Waals surface area contributed by atoms with Gasteiger partial charge in [-0.3, -0.25) is 0 Å².